The van der Waals surface area contributed by atoms with Gasteiger partial charge in [0.1, 0.15) is 5.82 Å². The molecule has 0 fully saturated rings. The third-order valence-corrected chi connectivity index (χ3v) is 5.69. The maximum Gasteiger partial charge on any atom is 0.104 e. The molecule has 0 saturated carbocycles. The monoisotopic (exact) mass is 374 g/mol. The largest absolute Gasteiger partial charge is 0.364 e. The second-order valence-corrected chi connectivity index (χ2v) is 8.12. The van der Waals surface area contributed by atoms with Crippen LogP contribution in [0, 0.1) is 5.92 Å². The molecule has 1 aliphatic heterocycles. The predicted octanol–water partition coefficient (Wildman–Crippen LogP) is 6.17. The average Bonchev–Trinajstić information content (AvgIpc) is 2.70. The van der Waals surface area contributed by atoms with Crippen molar-refractivity contribution in [3.05, 3.63) is 88.9 Å². The molecule has 0 aromatic heterocycles. The van der Waals surface area contributed by atoms with Gasteiger partial charge in [0.2, 0.25) is 0 Å². The van der Waals surface area contributed by atoms with Crippen molar-refractivity contribution in [3.63, 3.8) is 0 Å². The molecule has 1 aromatic carbocycles. The van der Waals surface area contributed by atoms with Crippen molar-refractivity contribution in [1.29, 1.82) is 0 Å². The highest BCUT2D eigenvalue weighted by Crippen LogP contribution is 2.37. The van der Waals surface area contributed by atoms with Gasteiger partial charge in [-0.05, 0) is 66.5 Å². The molecule has 2 unspecified atom stereocenters. The van der Waals surface area contributed by atoms with Gasteiger partial charge in [0.05, 0.1) is 6.04 Å². The Bertz CT molecular complexity index is 864. The number of nitrogens with zero attached hydrogens (tertiary/aromatic N) is 2. The van der Waals surface area contributed by atoms with Gasteiger partial charge in [0, 0.05) is 20.3 Å². The topological polar surface area (TPSA) is 6.48 Å². The maximum absolute atomic E-state index is 2.37. The van der Waals surface area contributed by atoms with Crippen LogP contribution in [0.15, 0.2) is 77.8 Å². The Morgan fingerprint density at radius 3 is 2.64 bits per heavy atom. The molecular weight excluding hydrogens is 340 g/mol. The van der Waals surface area contributed by atoms with E-state index < -0.39 is 0 Å². The molecule has 148 valence electrons. The highest BCUT2D eigenvalue weighted by Gasteiger charge is 2.22. The van der Waals surface area contributed by atoms with Crippen LogP contribution in [0.5, 0.6) is 0 Å². The number of hydrogen-bond donors (Lipinski definition) is 0. The summed E-state index contributed by atoms with van der Waals surface area (Å²) in [6.45, 7) is 8.89. The number of rotatable bonds is 5. The second kappa shape index (κ2) is 8.68. The summed E-state index contributed by atoms with van der Waals surface area (Å²) in [4.78, 5) is 4.55. The number of aryl methyl sites for hydroxylation is 1. The standard InChI is InChI=1S/C26H34N2/c1-7-21-10-9-11-22(17-21)25-16-19(3)12-15-24(25)23-14-13-20(4)28(18-23)26(8-2)27(5)6/h8-15,17-20H,7,16H2,1-6H3/b26-8-. The fourth-order valence-electron chi connectivity index (χ4n) is 4.10. The van der Waals surface area contributed by atoms with Crippen LogP contribution in [0.4, 0.5) is 0 Å². The van der Waals surface area contributed by atoms with Crippen molar-refractivity contribution in [2.45, 2.75) is 46.6 Å². The third-order valence-electron chi connectivity index (χ3n) is 5.69. The van der Waals surface area contributed by atoms with Gasteiger partial charge in [-0.25, -0.2) is 0 Å². The number of allylic oxidation sites excluding steroid dienone is 7. The molecule has 2 aliphatic rings. The molecule has 0 saturated heterocycles. The van der Waals surface area contributed by atoms with Crippen LogP contribution in [-0.2, 0) is 6.42 Å². The summed E-state index contributed by atoms with van der Waals surface area (Å²) in [7, 11) is 4.22. The molecule has 0 amide bonds. The molecule has 1 aromatic rings. The molecule has 1 aliphatic carbocycles. The first kappa shape index (κ1) is 20.3. The van der Waals surface area contributed by atoms with Gasteiger partial charge in [-0.15, -0.1) is 0 Å². The SMILES string of the molecule is C/C=C(/N(C)C)N1C=C(C2=C(c3cccc(CC)c3)CC(C)C=C2)C=CC1C. The lowest BCUT2D eigenvalue weighted by Crippen LogP contribution is -2.34. The molecule has 2 nitrogen and oxygen atoms in total. The smallest absolute Gasteiger partial charge is 0.104 e. The Kier molecular flexibility index (Phi) is 6.28. The summed E-state index contributed by atoms with van der Waals surface area (Å²) >= 11 is 0. The quantitative estimate of drug-likeness (QED) is 0.608. The minimum absolute atomic E-state index is 0.344. The first-order valence-electron chi connectivity index (χ1n) is 10.5. The molecule has 28 heavy (non-hydrogen) atoms. The Hall–Kier alpha value is -2.48. The number of hydrogen-bond acceptors (Lipinski definition) is 2. The fourth-order valence-corrected chi connectivity index (χ4v) is 4.10. The van der Waals surface area contributed by atoms with E-state index in [4.69, 9.17) is 0 Å². The zero-order valence-corrected chi connectivity index (χ0v) is 18.2. The normalized spacial score (nSPS) is 22.6. The molecule has 0 bridgehead atoms. The molecule has 2 atom stereocenters. The predicted molar refractivity (Wildman–Crippen MR) is 122 cm³/mol. The zero-order valence-electron chi connectivity index (χ0n) is 18.2. The lowest BCUT2D eigenvalue weighted by molar-refractivity contribution is 0.296. The summed E-state index contributed by atoms with van der Waals surface area (Å²) in [6, 6.07) is 9.41. The Labute approximate surface area is 171 Å². The minimum atomic E-state index is 0.344. The average molecular weight is 375 g/mol. The van der Waals surface area contributed by atoms with Gasteiger partial charge in [-0.3, -0.25) is 0 Å². The van der Waals surface area contributed by atoms with E-state index in [9.17, 15) is 0 Å². The van der Waals surface area contributed by atoms with Crippen LogP contribution in [0.25, 0.3) is 5.57 Å². The van der Waals surface area contributed by atoms with Crippen LogP contribution >= 0.6 is 0 Å². The van der Waals surface area contributed by atoms with Crippen LogP contribution in [0.3, 0.4) is 0 Å². The van der Waals surface area contributed by atoms with Crippen molar-refractivity contribution in [3.8, 4) is 0 Å². The van der Waals surface area contributed by atoms with Crippen molar-refractivity contribution in [2.24, 2.45) is 5.92 Å². The fraction of sp³-hybridized carbons (Fsp3) is 0.385. The van der Waals surface area contributed by atoms with Crippen molar-refractivity contribution >= 4 is 5.57 Å². The molecule has 0 N–H and O–H groups in total. The summed E-state index contributed by atoms with van der Waals surface area (Å²) < 4.78 is 0. The van der Waals surface area contributed by atoms with Gasteiger partial charge in [-0.2, -0.15) is 0 Å². The van der Waals surface area contributed by atoms with E-state index in [1.54, 1.807) is 0 Å². The van der Waals surface area contributed by atoms with Gasteiger partial charge in [0.25, 0.3) is 0 Å². The second-order valence-electron chi connectivity index (χ2n) is 8.12. The van der Waals surface area contributed by atoms with E-state index in [0.717, 1.165) is 12.8 Å². The first-order valence-corrected chi connectivity index (χ1v) is 10.5. The highest BCUT2D eigenvalue weighted by molar-refractivity contribution is 5.78. The Morgan fingerprint density at radius 1 is 1.18 bits per heavy atom. The molecule has 3 rings (SSSR count). The lowest BCUT2D eigenvalue weighted by Gasteiger charge is -2.36. The zero-order chi connectivity index (χ0) is 20.3. The molecule has 2 heteroatoms. The van der Waals surface area contributed by atoms with Crippen molar-refractivity contribution < 1.29 is 0 Å². The van der Waals surface area contributed by atoms with Gasteiger partial charge >= 0.3 is 0 Å². The highest BCUT2D eigenvalue weighted by atomic mass is 15.3. The van der Waals surface area contributed by atoms with Crippen LogP contribution in [0.1, 0.15) is 45.2 Å². The number of benzene rings is 1. The van der Waals surface area contributed by atoms with Crippen LogP contribution in [-0.4, -0.2) is 29.9 Å². The lowest BCUT2D eigenvalue weighted by atomic mass is 9.83. The van der Waals surface area contributed by atoms with Crippen molar-refractivity contribution in [2.75, 3.05) is 14.1 Å². The molecule has 1 heterocycles. The van der Waals surface area contributed by atoms with E-state index in [0.29, 0.717) is 12.0 Å². The Morgan fingerprint density at radius 2 is 1.96 bits per heavy atom. The summed E-state index contributed by atoms with van der Waals surface area (Å²) in [6.07, 6.45) is 15.9. The third kappa shape index (κ3) is 4.16. The summed E-state index contributed by atoms with van der Waals surface area (Å²) in [5, 5.41) is 0. The first-order chi connectivity index (χ1) is 13.4. The van der Waals surface area contributed by atoms with Gasteiger partial charge in [0.15, 0.2) is 0 Å². The summed E-state index contributed by atoms with van der Waals surface area (Å²) in [5.74, 6) is 1.79. The minimum Gasteiger partial charge on any atom is -0.364 e. The van der Waals surface area contributed by atoms with Gasteiger partial charge in [-0.1, -0.05) is 62.4 Å². The van der Waals surface area contributed by atoms with E-state index in [1.807, 2.05) is 0 Å². The van der Waals surface area contributed by atoms with E-state index in [1.165, 1.54) is 33.7 Å². The summed E-state index contributed by atoms with van der Waals surface area (Å²) in [5.41, 5.74) is 6.87. The van der Waals surface area contributed by atoms with E-state index in [-0.39, 0.29) is 0 Å². The molecule has 0 spiro atoms. The maximum atomic E-state index is 2.37. The molecule has 0 radical (unpaired) electrons. The van der Waals surface area contributed by atoms with Gasteiger partial charge < -0.3 is 9.80 Å². The van der Waals surface area contributed by atoms with Crippen LogP contribution < -0.4 is 0 Å². The van der Waals surface area contributed by atoms with Crippen molar-refractivity contribution in [1.82, 2.24) is 9.80 Å². The van der Waals surface area contributed by atoms with E-state index >= 15 is 0 Å². The van der Waals surface area contributed by atoms with Crippen LogP contribution in [0.2, 0.25) is 0 Å². The Balaban J connectivity index is 2.09. The van der Waals surface area contributed by atoms with E-state index in [2.05, 4.69) is 112 Å². The molecular formula is C26H34N2.